The van der Waals surface area contributed by atoms with Crippen molar-refractivity contribution in [3.05, 3.63) is 18.2 Å². The van der Waals surface area contributed by atoms with Crippen molar-refractivity contribution in [3.8, 4) is 0 Å². The van der Waals surface area contributed by atoms with Gasteiger partial charge in [0.25, 0.3) is 5.91 Å². The lowest BCUT2D eigenvalue weighted by atomic mass is 9.91. The molecular weight excluding hydrogens is 258 g/mol. The first-order valence-electron chi connectivity index (χ1n) is 5.58. The number of carbonyl (C=O) groups is 2. The second-order valence-electron chi connectivity index (χ2n) is 4.34. The Morgan fingerprint density at radius 2 is 2.22 bits per heavy atom. The molecule has 0 spiro atoms. The van der Waals surface area contributed by atoms with E-state index in [1.165, 1.54) is 11.2 Å². The lowest BCUT2D eigenvalue weighted by Gasteiger charge is -2.36. The average Bonchev–Trinajstić information content (AvgIpc) is 2.59. The molecule has 1 aromatic heterocycles. The molecule has 0 saturated heterocycles. The van der Waals surface area contributed by atoms with Gasteiger partial charge in [-0.2, -0.15) is 0 Å². The minimum Gasteiger partial charge on any atom is -0.480 e. The molecule has 2 rings (SSSR count). The van der Waals surface area contributed by atoms with Crippen molar-refractivity contribution >= 4 is 24.3 Å². The molecule has 0 atom stereocenters. The standard InChI is InChI=1S/C11H15N3O3.ClH/c1-13-5-9(12-7-13)11(17)14(6-10(15)16)8-3-2-4-8;/h5,7-8H,2-4,6H2,1H3,(H,15,16);1H. The van der Waals surface area contributed by atoms with Crippen molar-refractivity contribution in [1.29, 1.82) is 0 Å². The van der Waals surface area contributed by atoms with Crippen LogP contribution in [0.5, 0.6) is 0 Å². The van der Waals surface area contributed by atoms with Crippen molar-refractivity contribution in [2.45, 2.75) is 25.3 Å². The number of rotatable bonds is 4. The molecule has 0 unspecified atom stereocenters. The van der Waals surface area contributed by atoms with Crippen LogP contribution in [0.2, 0.25) is 0 Å². The lowest BCUT2D eigenvalue weighted by Crippen LogP contribution is -2.46. The molecule has 1 aliphatic rings. The van der Waals surface area contributed by atoms with E-state index in [-0.39, 0.29) is 30.9 Å². The molecule has 1 fully saturated rings. The Kier molecular flexibility index (Phi) is 4.72. The second kappa shape index (κ2) is 5.86. The zero-order valence-electron chi connectivity index (χ0n) is 10.1. The summed E-state index contributed by atoms with van der Waals surface area (Å²) in [6.45, 7) is -0.250. The van der Waals surface area contributed by atoms with Gasteiger partial charge in [0.1, 0.15) is 12.2 Å². The first-order valence-corrected chi connectivity index (χ1v) is 5.58. The molecule has 1 N–H and O–H groups in total. The summed E-state index contributed by atoms with van der Waals surface area (Å²) in [4.78, 5) is 28.3. The average molecular weight is 274 g/mol. The van der Waals surface area contributed by atoms with Crippen LogP contribution in [0.25, 0.3) is 0 Å². The number of aryl methyl sites for hydroxylation is 1. The molecule has 1 aliphatic carbocycles. The summed E-state index contributed by atoms with van der Waals surface area (Å²) in [7, 11) is 1.77. The van der Waals surface area contributed by atoms with Crippen LogP contribution < -0.4 is 0 Å². The number of carboxylic acid groups (broad SMARTS) is 1. The van der Waals surface area contributed by atoms with Crippen molar-refractivity contribution in [3.63, 3.8) is 0 Å². The topological polar surface area (TPSA) is 75.4 Å². The van der Waals surface area contributed by atoms with E-state index >= 15 is 0 Å². The third-order valence-electron chi connectivity index (χ3n) is 3.01. The smallest absolute Gasteiger partial charge is 0.323 e. The lowest BCUT2D eigenvalue weighted by molar-refractivity contribution is -0.138. The number of imidazole rings is 1. The molecule has 1 saturated carbocycles. The fraction of sp³-hybridized carbons (Fsp3) is 0.545. The maximum absolute atomic E-state index is 12.1. The van der Waals surface area contributed by atoms with Gasteiger partial charge in [-0.05, 0) is 19.3 Å². The van der Waals surface area contributed by atoms with Gasteiger partial charge in [0.05, 0.1) is 6.33 Å². The van der Waals surface area contributed by atoms with Gasteiger partial charge in [-0.3, -0.25) is 9.59 Å². The molecule has 0 aliphatic heterocycles. The Balaban J connectivity index is 0.00000162. The van der Waals surface area contributed by atoms with Gasteiger partial charge >= 0.3 is 5.97 Å². The highest BCUT2D eigenvalue weighted by Gasteiger charge is 2.31. The number of carboxylic acids is 1. The van der Waals surface area contributed by atoms with Crippen LogP contribution in [0.15, 0.2) is 12.5 Å². The van der Waals surface area contributed by atoms with Gasteiger partial charge in [-0.15, -0.1) is 12.4 Å². The minimum atomic E-state index is -0.985. The molecule has 100 valence electrons. The van der Waals surface area contributed by atoms with Gasteiger partial charge in [0.2, 0.25) is 0 Å². The fourth-order valence-electron chi connectivity index (χ4n) is 1.88. The van der Waals surface area contributed by atoms with Crippen LogP contribution in [-0.4, -0.2) is 44.0 Å². The molecule has 0 bridgehead atoms. The van der Waals surface area contributed by atoms with E-state index in [0.29, 0.717) is 5.69 Å². The van der Waals surface area contributed by atoms with Gasteiger partial charge < -0.3 is 14.6 Å². The normalized spacial score (nSPS) is 14.5. The van der Waals surface area contributed by atoms with Gasteiger partial charge in [0.15, 0.2) is 0 Å². The molecule has 0 radical (unpaired) electrons. The van der Waals surface area contributed by atoms with Crippen molar-refractivity contribution in [2.75, 3.05) is 6.54 Å². The predicted molar refractivity (Wildman–Crippen MR) is 66.8 cm³/mol. The summed E-state index contributed by atoms with van der Waals surface area (Å²) in [5, 5.41) is 8.83. The molecule has 6 nitrogen and oxygen atoms in total. The number of aliphatic carboxylic acids is 1. The van der Waals surface area contributed by atoms with E-state index in [4.69, 9.17) is 5.11 Å². The van der Waals surface area contributed by atoms with E-state index < -0.39 is 5.97 Å². The van der Waals surface area contributed by atoms with Gasteiger partial charge in [-0.1, -0.05) is 0 Å². The molecule has 1 heterocycles. The van der Waals surface area contributed by atoms with Crippen LogP contribution in [0, 0.1) is 0 Å². The van der Waals surface area contributed by atoms with Crippen molar-refractivity contribution in [1.82, 2.24) is 14.5 Å². The molecular formula is C11H16ClN3O3. The number of nitrogens with zero attached hydrogens (tertiary/aromatic N) is 3. The van der Waals surface area contributed by atoms with Crippen LogP contribution >= 0.6 is 12.4 Å². The Morgan fingerprint density at radius 1 is 1.56 bits per heavy atom. The number of hydrogen-bond donors (Lipinski definition) is 1. The highest BCUT2D eigenvalue weighted by Crippen LogP contribution is 2.25. The van der Waals surface area contributed by atoms with Crippen molar-refractivity contribution in [2.24, 2.45) is 7.05 Å². The Morgan fingerprint density at radius 3 is 2.61 bits per heavy atom. The van der Waals surface area contributed by atoms with E-state index in [2.05, 4.69) is 4.98 Å². The van der Waals surface area contributed by atoms with Crippen LogP contribution in [0.3, 0.4) is 0 Å². The molecule has 18 heavy (non-hydrogen) atoms. The number of carbonyl (C=O) groups excluding carboxylic acids is 1. The van der Waals surface area contributed by atoms with E-state index in [1.54, 1.807) is 17.8 Å². The summed E-state index contributed by atoms with van der Waals surface area (Å²) in [5.74, 6) is -1.28. The Bertz CT molecular complexity index is 442. The highest BCUT2D eigenvalue weighted by atomic mass is 35.5. The van der Waals surface area contributed by atoms with Gasteiger partial charge in [0, 0.05) is 19.3 Å². The summed E-state index contributed by atoms with van der Waals surface area (Å²) in [6, 6.07) is 0.0561. The van der Waals surface area contributed by atoms with Crippen LogP contribution in [0.1, 0.15) is 29.8 Å². The first kappa shape index (κ1) is 14.5. The van der Waals surface area contributed by atoms with E-state index in [0.717, 1.165) is 19.3 Å². The van der Waals surface area contributed by atoms with E-state index in [9.17, 15) is 9.59 Å². The zero-order valence-corrected chi connectivity index (χ0v) is 10.9. The molecule has 1 aromatic rings. The summed E-state index contributed by atoms with van der Waals surface area (Å²) < 4.78 is 1.67. The summed E-state index contributed by atoms with van der Waals surface area (Å²) >= 11 is 0. The summed E-state index contributed by atoms with van der Waals surface area (Å²) in [6.07, 6.45) is 5.96. The Labute approximate surface area is 111 Å². The third kappa shape index (κ3) is 3.01. The minimum absolute atomic E-state index is 0. The maximum atomic E-state index is 12.1. The monoisotopic (exact) mass is 273 g/mol. The first-order chi connectivity index (χ1) is 8.08. The fourth-order valence-corrected chi connectivity index (χ4v) is 1.88. The number of aromatic nitrogens is 2. The third-order valence-corrected chi connectivity index (χ3v) is 3.01. The number of amides is 1. The van der Waals surface area contributed by atoms with E-state index in [1.807, 2.05) is 0 Å². The molecule has 7 heteroatoms. The Hall–Kier alpha value is -1.56. The number of halogens is 1. The maximum Gasteiger partial charge on any atom is 0.323 e. The number of hydrogen-bond acceptors (Lipinski definition) is 3. The van der Waals surface area contributed by atoms with Crippen LogP contribution in [-0.2, 0) is 11.8 Å². The second-order valence-corrected chi connectivity index (χ2v) is 4.34. The predicted octanol–water partition coefficient (Wildman–Crippen LogP) is 0.921. The SMILES string of the molecule is Cl.Cn1cnc(C(=O)N(CC(=O)O)C2CCC2)c1. The molecule has 1 amide bonds. The largest absolute Gasteiger partial charge is 0.480 e. The van der Waals surface area contributed by atoms with Gasteiger partial charge in [-0.25, -0.2) is 4.98 Å². The highest BCUT2D eigenvalue weighted by molar-refractivity contribution is 5.94. The molecule has 0 aromatic carbocycles. The zero-order chi connectivity index (χ0) is 12.4. The van der Waals surface area contributed by atoms with Crippen molar-refractivity contribution < 1.29 is 14.7 Å². The van der Waals surface area contributed by atoms with Crippen LogP contribution in [0.4, 0.5) is 0 Å². The quantitative estimate of drug-likeness (QED) is 0.885. The summed E-state index contributed by atoms with van der Waals surface area (Å²) in [5.41, 5.74) is 0.306.